The lowest BCUT2D eigenvalue weighted by atomic mass is 10.1. The van der Waals surface area contributed by atoms with E-state index in [9.17, 15) is 22.8 Å². The van der Waals surface area contributed by atoms with Crippen molar-refractivity contribution in [2.45, 2.75) is 12.7 Å². The molecular weight excluding hydrogens is 509 g/mol. The van der Waals surface area contributed by atoms with Crippen LogP contribution < -0.4 is 10.1 Å². The van der Waals surface area contributed by atoms with Crippen molar-refractivity contribution in [3.8, 4) is 5.75 Å². The van der Waals surface area contributed by atoms with Gasteiger partial charge in [0.05, 0.1) is 17.0 Å². The van der Waals surface area contributed by atoms with Crippen LogP contribution in [0.3, 0.4) is 0 Å². The summed E-state index contributed by atoms with van der Waals surface area (Å²) in [6, 6.07) is 20.7. The van der Waals surface area contributed by atoms with Gasteiger partial charge in [0.15, 0.2) is 6.61 Å². The van der Waals surface area contributed by atoms with Crippen LogP contribution in [0.1, 0.15) is 16.7 Å². The maximum atomic E-state index is 13.0. The van der Waals surface area contributed by atoms with Crippen molar-refractivity contribution in [3.63, 3.8) is 0 Å². The minimum atomic E-state index is -4.52. The summed E-state index contributed by atoms with van der Waals surface area (Å²) < 4.78 is 44.7. The minimum absolute atomic E-state index is 0.00815. The molecule has 1 N–H and O–H groups in total. The average Bonchev–Trinajstić information content (AvgIpc) is 3.11. The molecule has 0 saturated carbocycles. The molecular formula is C26H19F3N2O3S2. The number of nitrogens with zero attached hydrogens (tertiary/aromatic N) is 1. The van der Waals surface area contributed by atoms with E-state index in [2.05, 4.69) is 5.32 Å². The Balaban J connectivity index is 1.43. The van der Waals surface area contributed by atoms with E-state index in [1.807, 2.05) is 30.3 Å². The smallest absolute Gasteiger partial charge is 0.416 e. The predicted molar refractivity (Wildman–Crippen MR) is 137 cm³/mol. The van der Waals surface area contributed by atoms with Crippen LogP contribution in [0.15, 0.2) is 83.8 Å². The minimum Gasteiger partial charge on any atom is -0.483 e. The van der Waals surface area contributed by atoms with Crippen LogP contribution in [0.4, 0.5) is 18.9 Å². The van der Waals surface area contributed by atoms with Crippen molar-refractivity contribution in [2.75, 3.05) is 11.9 Å². The van der Waals surface area contributed by atoms with Crippen molar-refractivity contribution in [2.24, 2.45) is 0 Å². The van der Waals surface area contributed by atoms with E-state index in [4.69, 9.17) is 17.0 Å². The van der Waals surface area contributed by atoms with Crippen LogP contribution in [0, 0.1) is 0 Å². The number of carbonyl (C=O) groups excluding carboxylic acids is 2. The summed E-state index contributed by atoms with van der Waals surface area (Å²) in [5, 5.41) is 2.40. The highest BCUT2D eigenvalue weighted by atomic mass is 32.2. The largest absolute Gasteiger partial charge is 0.483 e. The number of hydrogen-bond acceptors (Lipinski definition) is 5. The lowest BCUT2D eigenvalue weighted by Crippen LogP contribution is -2.27. The number of amides is 2. The van der Waals surface area contributed by atoms with Crippen molar-refractivity contribution in [1.29, 1.82) is 0 Å². The zero-order valence-corrected chi connectivity index (χ0v) is 20.3. The molecule has 0 aromatic heterocycles. The molecule has 1 aliphatic heterocycles. The van der Waals surface area contributed by atoms with Crippen molar-refractivity contribution >= 4 is 51.9 Å². The number of alkyl halides is 3. The number of hydrogen-bond donors (Lipinski definition) is 1. The van der Waals surface area contributed by atoms with Crippen LogP contribution in [0.25, 0.3) is 6.08 Å². The highest BCUT2D eigenvalue weighted by Gasteiger charge is 2.32. The zero-order chi connectivity index (χ0) is 25.7. The quantitative estimate of drug-likeness (QED) is 0.296. The Labute approximate surface area is 214 Å². The molecule has 3 aromatic rings. The summed E-state index contributed by atoms with van der Waals surface area (Å²) in [5.74, 6) is -0.519. The fourth-order valence-electron chi connectivity index (χ4n) is 3.39. The van der Waals surface area contributed by atoms with E-state index < -0.39 is 24.3 Å². The molecule has 36 heavy (non-hydrogen) atoms. The molecule has 2 amide bonds. The fraction of sp³-hybridized carbons (Fsp3) is 0.115. The van der Waals surface area contributed by atoms with Gasteiger partial charge < -0.3 is 10.1 Å². The number of nitrogens with one attached hydrogen (secondary N) is 1. The Hall–Kier alpha value is -3.63. The molecule has 1 heterocycles. The monoisotopic (exact) mass is 528 g/mol. The van der Waals surface area contributed by atoms with Crippen LogP contribution >= 0.6 is 24.0 Å². The van der Waals surface area contributed by atoms with Gasteiger partial charge in [0.1, 0.15) is 10.1 Å². The van der Waals surface area contributed by atoms with Crippen molar-refractivity contribution in [1.82, 2.24) is 4.90 Å². The summed E-state index contributed by atoms with van der Waals surface area (Å²) in [4.78, 5) is 27.2. The number of carbonyl (C=O) groups is 2. The predicted octanol–water partition coefficient (Wildman–Crippen LogP) is 6.12. The first kappa shape index (κ1) is 25.5. The molecule has 4 rings (SSSR count). The normalized spacial score (nSPS) is 14.9. The molecule has 1 saturated heterocycles. The van der Waals surface area contributed by atoms with Gasteiger partial charge in [0, 0.05) is 11.3 Å². The van der Waals surface area contributed by atoms with E-state index in [1.165, 1.54) is 28.8 Å². The molecule has 0 aliphatic carbocycles. The molecule has 3 aromatic carbocycles. The highest BCUT2D eigenvalue weighted by molar-refractivity contribution is 8.26. The Morgan fingerprint density at radius 2 is 1.75 bits per heavy atom. The summed E-state index contributed by atoms with van der Waals surface area (Å²) in [7, 11) is 0. The van der Waals surface area contributed by atoms with Gasteiger partial charge in [0.25, 0.3) is 11.8 Å². The first-order valence-electron chi connectivity index (χ1n) is 10.7. The van der Waals surface area contributed by atoms with Gasteiger partial charge >= 0.3 is 6.18 Å². The molecule has 5 nitrogen and oxygen atoms in total. The molecule has 0 unspecified atom stereocenters. The molecule has 0 spiro atoms. The van der Waals surface area contributed by atoms with E-state index in [1.54, 1.807) is 30.3 Å². The first-order chi connectivity index (χ1) is 17.2. The van der Waals surface area contributed by atoms with E-state index in [0.717, 1.165) is 17.7 Å². The van der Waals surface area contributed by atoms with Crippen LogP contribution in [0.2, 0.25) is 0 Å². The Morgan fingerprint density at radius 3 is 2.50 bits per heavy atom. The Kier molecular flexibility index (Phi) is 7.76. The van der Waals surface area contributed by atoms with E-state index >= 15 is 0 Å². The standard InChI is InChI=1S/C26H19F3N2O3S2/c27-26(28,29)19-10-6-11-20(14-19)30-23(32)16-34-21-12-5-4-9-18(21)13-22-24(33)31(25(35)36-22)15-17-7-2-1-3-8-17/h1-14H,15-16H2,(H,30,32)/b22-13-. The number of ether oxygens (including phenoxy) is 1. The molecule has 0 bridgehead atoms. The summed E-state index contributed by atoms with van der Waals surface area (Å²) in [6.07, 6.45) is -2.87. The first-order valence-corrected chi connectivity index (χ1v) is 11.9. The van der Waals surface area contributed by atoms with Gasteiger partial charge in [-0.05, 0) is 35.9 Å². The molecule has 0 radical (unpaired) electrons. The lowest BCUT2D eigenvalue weighted by molar-refractivity contribution is -0.137. The Bertz CT molecular complexity index is 1330. The maximum Gasteiger partial charge on any atom is 0.416 e. The summed E-state index contributed by atoms with van der Waals surface area (Å²) in [5.41, 5.74) is 0.653. The van der Waals surface area contributed by atoms with Crippen LogP contribution in [-0.4, -0.2) is 27.6 Å². The second-order valence-electron chi connectivity index (χ2n) is 7.71. The SMILES string of the molecule is O=C(COc1ccccc1/C=C1\SC(=S)N(Cc2ccccc2)C1=O)Nc1cccc(C(F)(F)F)c1. The van der Waals surface area contributed by atoms with Gasteiger partial charge in [-0.25, -0.2) is 0 Å². The number of rotatable bonds is 7. The van der Waals surface area contributed by atoms with Crippen LogP contribution in [-0.2, 0) is 22.3 Å². The molecule has 0 atom stereocenters. The van der Waals surface area contributed by atoms with E-state index in [0.29, 0.717) is 27.1 Å². The Morgan fingerprint density at radius 1 is 1.03 bits per heavy atom. The van der Waals surface area contributed by atoms with Crippen molar-refractivity contribution in [3.05, 3.63) is 100 Å². The second kappa shape index (κ2) is 11.0. The third-order valence-corrected chi connectivity index (χ3v) is 6.47. The number of benzene rings is 3. The van der Waals surface area contributed by atoms with Gasteiger partial charge in [-0.15, -0.1) is 0 Å². The summed E-state index contributed by atoms with van der Waals surface area (Å²) in [6.45, 7) is -0.0766. The van der Waals surface area contributed by atoms with Gasteiger partial charge in [0.2, 0.25) is 0 Å². The summed E-state index contributed by atoms with van der Waals surface area (Å²) >= 11 is 6.57. The van der Waals surface area contributed by atoms with Gasteiger partial charge in [-0.1, -0.05) is 78.6 Å². The third-order valence-electron chi connectivity index (χ3n) is 5.10. The topological polar surface area (TPSA) is 58.6 Å². The highest BCUT2D eigenvalue weighted by Crippen LogP contribution is 2.35. The average molecular weight is 529 g/mol. The zero-order valence-electron chi connectivity index (χ0n) is 18.6. The van der Waals surface area contributed by atoms with Gasteiger partial charge in [-0.3, -0.25) is 14.5 Å². The number of thioether (sulfide) groups is 1. The third kappa shape index (κ3) is 6.32. The molecule has 184 valence electrons. The van der Waals surface area contributed by atoms with Gasteiger partial charge in [-0.2, -0.15) is 13.2 Å². The fourth-order valence-corrected chi connectivity index (χ4v) is 4.63. The molecule has 10 heteroatoms. The number of thiocarbonyl (C=S) groups is 1. The van der Waals surface area contributed by atoms with Crippen LogP contribution in [0.5, 0.6) is 5.75 Å². The molecule has 1 aliphatic rings. The lowest BCUT2D eigenvalue weighted by Gasteiger charge is -2.14. The van der Waals surface area contributed by atoms with E-state index in [-0.39, 0.29) is 11.6 Å². The molecule has 1 fully saturated rings. The number of halogens is 3. The number of para-hydroxylation sites is 1. The second-order valence-corrected chi connectivity index (χ2v) is 9.38. The maximum absolute atomic E-state index is 13.0. The van der Waals surface area contributed by atoms with Crippen molar-refractivity contribution < 1.29 is 27.5 Å². The number of anilines is 1.